The van der Waals surface area contributed by atoms with Crippen LogP contribution < -0.4 is 5.32 Å². The molecule has 0 saturated heterocycles. The minimum Gasteiger partial charge on any atom is -0.360 e. The first-order chi connectivity index (χ1) is 6.63. The lowest BCUT2D eigenvalue weighted by Crippen LogP contribution is -2.21. The number of carbonyl (C=O) groups is 1. The summed E-state index contributed by atoms with van der Waals surface area (Å²) in [6.45, 7) is 0.200. The lowest BCUT2D eigenvalue weighted by atomic mass is 10.1. The van der Waals surface area contributed by atoms with E-state index in [1.165, 1.54) is 0 Å². The van der Waals surface area contributed by atoms with Gasteiger partial charge in [0.1, 0.15) is 0 Å². The maximum atomic E-state index is 10.5. The third kappa shape index (κ3) is 3.41. The first-order valence-corrected chi connectivity index (χ1v) is 5.63. The summed E-state index contributed by atoms with van der Waals surface area (Å²) in [7, 11) is 4.92. The Labute approximate surface area is 101 Å². The Morgan fingerprint density at radius 2 is 2.43 bits per heavy atom. The molecule has 72 valence electrons. The molecule has 4 nitrogen and oxygen atoms in total. The quantitative estimate of drug-likeness (QED) is 0.521. The summed E-state index contributed by atoms with van der Waals surface area (Å²) in [5.74, 6) is -0.609. The van der Waals surface area contributed by atoms with E-state index in [1.807, 2.05) is 0 Å². The molecule has 7 heteroatoms. The second kappa shape index (κ2) is 5.50. The van der Waals surface area contributed by atoms with Crippen molar-refractivity contribution in [1.82, 2.24) is 15.3 Å². The van der Waals surface area contributed by atoms with Crippen molar-refractivity contribution in [1.29, 1.82) is 0 Å². The van der Waals surface area contributed by atoms with Gasteiger partial charge in [0.25, 0.3) is 0 Å². The van der Waals surface area contributed by atoms with E-state index in [2.05, 4.69) is 37.9 Å². The van der Waals surface area contributed by atoms with Crippen LogP contribution in [0.2, 0.25) is 5.15 Å². The highest BCUT2D eigenvalue weighted by molar-refractivity contribution is 14.1. The average Bonchev–Trinajstić information content (AvgIpc) is 2.16. The van der Waals surface area contributed by atoms with Gasteiger partial charge in [-0.2, -0.15) is 0 Å². The molecule has 0 aliphatic heterocycles. The van der Waals surface area contributed by atoms with Crippen molar-refractivity contribution in [3.63, 3.8) is 0 Å². The third-order valence-electron chi connectivity index (χ3n) is 1.41. The first kappa shape index (κ1) is 11.7. The van der Waals surface area contributed by atoms with Crippen molar-refractivity contribution in [3.8, 4) is 0 Å². The van der Waals surface area contributed by atoms with Gasteiger partial charge in [-0.15, -0.1) is 0 Å². The number of rotatable bonds is 3. The zero-order valence-electron chi connectivity index (χ0n) is 7.13. The smallest absolute Gasteiger partial charge is 0.200 e. The molecule has 0 atom stereocenters. The van der Waals surface area contributed by atoms with Gasteiger partial charge in [0.2, 0.25) is 7.85 Å². The molecule has 1 heterocycles. The molecule has 0 spiro atoms. The molecular formula is C7H6BClIN3O. The molecule has 1 rings (SSSR count). The highest BCUT2D eigenvalue weighted by Gasteiger charge is 2.05. The summed E-state index contributed by atoms with van der Waals surface area (Å²) in [5.41, 5.74) is 1.34. The molecule has 0 unspecified atom stereocenters. The molecule has 14 heavy (non-hydrogen) atoms. The Bertz CT molecular complexity index is 350. The topological polar surface area (TPSA) is 54.9 Å². The monoisotopic (exact) mass is 321 g/mol. The number of halogens is 2. The maximum Gasteiger partial charge on any atom is 0.200 e. The highest BCUT2D eigenvalue weighted by atomic mass is 127. The van der Waals surface area contributed by atoms with Crippen LogP contribution in [0.4, 0.5) is 4.79 Å². The van der Waals surface area contributed by atoms with Crippen molar-refractivity contribution >= 4 is 47.8 Å². The van der Waals surface area contributed by atoms with E-state index >= 15 is 0 Å². The maximum absolute atomic E-state index is 10.5. The van der Waals surface area contributed by atoms with Crippen LogP contribution in [-0.2, 0) is 11.0 Å². The van der Waals surface area contributed by atoms with Crippen molar-refractivity contribution in [3.05, 3.63) is 22.7 Å². The van der Waals surface area contributed by atoms with Gasteiger partial charge < -0.3 is 5.32 Å². The Hall–Kier alpha value is -0.365. The summed E-state index contributed by atoms with van der Waals surface area (Å²) < 4.78 is 0.742. The Kier molecular flexibility index (Phi) is 4.60. The summed E-state index contributed by atoms with van der Waals surface area (Å²) >= 11 is 7.93. The SMILES string of the molecule is [B]C(=O)NCc1nc(CI)cnc1Cl. The Morgan fingerprint density at radius 3 is 3.00 bits per heavy atom. The molecule has 0 aliphatic carbocycles. The number of aromatic nitrogens is 2. The van der Waals surface area contributed by atoms with Gasteiger partial charge in [-0.05, 0) is 0 Å². The molecule has 0 aromatic carbocycles. The van der Waals surface area contributed by atoms with Gasteiger partial charge in [-0.1, -0.05) is 34.2 Å². The second-order valence-corrected chi connectivity index (χ2v) is 3.57. The molecule has 0 fully saturated rings. The highest BCUT2D eigenvalue weighted by Crippen LogP contribution is 2.11. The van der Waals surface area contributed by atoms with Gasteiger partial charge in [-0.3, -0.25) is 9.78 Å². The Balaban J connectivity index is 2.78. The fourth-order valence-corrected chi connectivity index (χ4v) is 1.33. The van der Waals surface area contributed by atoms with Crippen LogP contribution in [-0.4, -0.2) is 23.6 Å². The van der Waals surface area contributed by atoms with Crippen LogP contribution in [0, 0.1) is 0 Å². The van der Waals surface area contributed by atoms with Crippen LogP contribution in [0.25, 0.3) is 0 Å². The number of nitrogens with zero attached hydrogens (tertiary/aromatic N) is 2. The predicted molar refractivity (Wildman–Crippen MR) is 62.8 cm³/mol. The minimum absolute atomic E-state index is 0.200. The van der Waals surface area contributed by atoms with E-state index in [0.717, 1.165) is 10.1 Å². The van der Waals surface area contributed by atoms with Crippen molar-refractivity contribution < 1.29 is 4.79 Å². The van der Waals surface area contributed by atoms with Crippen LogP contribution >= 0.6 is 34.2 Å². The number of amides is 1. The molecule has 1 aromatic heterocycles. The number of hydrogen-bond acceptors (Lipinski definition) is 3. The molecule has 1 amide bonds. The van der Waals surface area contributed by atoms with Crippen LogP contribution in [0.5, 0.6) is 0 Å². The first-order valence-electron chi connectivity index (χ1n) is 3.73. The van der Waals surface area contributed by atoms with Crippen molar-refractivity contribution in [2.45, 2.75) is 11.0 Å². The van der Waals surface area contributed by atoms with Gasteiger partial charge in [0, 0.05) is 4.43 Å². The van der Waals surface area contributed by atoms with Gasteiger partial charge in [-0.25, -0.2) is 4.98 Å². The van der Waals surface area contributed by atoms with E-state index in [-0.39, 0.29) is 11.7 Å². The molecule has 1 N–H and O–H groups in total. The van der Waals surface area contributed by atoms with Crippen LogP contribution in [0.1, 0.15) is 11.4 Å². The molecule has 0 bridgehead atoms. The van der Waals surface area contributed by atoms with E-state index in [1.54, 1.807) is 6.20 Å². The van der Waals surface area contributed by atoms with Gasteiger partial charge in [0.05, 0.1) is 24.1 Å². The average molecular weight is 321 g/mol. The summed E-state index contributed by atoms with van der Waals surface area (Å²) in [5, 5.41) is 2.69. The largest absolute Gasteiger partial charge is 0.360 e. The van der Waals surface area contributed by atoms with Crippen LogP contribution in [0.3, 0.4) is 0 Å². The lowest BCUT2D eigenvalue weighted by Gasteiger charge is -2.04. The van der Waals surface area contributed by atoms with Crippen molar-refractivity contribution in [2.24, 2.45) is 0 Å². The van der Waals surface area contributed by atoms with Crippen LogP contribution in [0.15, 0.2) is 6.20 Å². The lowest BCUT2D eigenvalue weighted by molar-refractivity contribution is 0.259. The zero-order chi connectivity index (χ0) is 10.6. The van der Waals surface area contributed by atoms with Crippen molar-refractivity contribution in [2.75, 3.05) is 0 Å². The number of alkyl halides is 1. The fourth-order valence-electron chi connectivity index (χ4n) is 0.802. The van der Waals surface area contributed by atoms with E-state index in [4.69, 9.17) is 19.4 Å². The number of hydrogen-bond donors (Lipinski definition) is 1. The molecule has 0 saturated carbocycles. The number of carbonyl (C=O) groups excluding carboxylic acids is 1. The molecule has 1 aromatic rings. The van der Waals surface area contributed by atoms with Gasteiger partial charge >= 0.3 is 0 Å². The second-order valence-electron chi connectivity index (χ2n) is 2.45. The predicted octanol–water partition coefficient (Wildman–Crippen LogP) is 1.44. The standard InChI is InChI=1S/C7H6BClIN3O/c8-7(14)12-3-5-6(9)11-2-4(1-10)13-5/h2H,1,3H2,(H,12,14). The normalized spacial score (nSPS) is 9.86. The third-order valence-corrected chi connectivity index (χ3v) is 2.51. The fraction of sp³-hybridized carbons (Fsp3) is 0.286. The summed E-state index contributed by atoms with van der Waals surface area (Å²) in [6.07, 6.45) is 1.60. The zero-order valence-corrected chi connectivity index (χ0v) is 10.0. The van der Waals surface area contributed by atoms with E-state index < -0.39 is 5.81 Å². The molecule has 2 radical (unpaired) electrons. The Morgan fingerprint density at radius 1 is 1.71 bits per heavy atom. The molecular weight excluding hydrogens is 315 g/mol. The molecule has 0 aliphatic rings. The van der Waals surface area contributed by atoms with E-state index in [0.29, 0.717) is 5.69 Å². The number of nitrogens with one attached hydrogen (secondary N) is 1. The van der Waals surface area contributed by atoms with E-state index in [9.17, 15) is 4.79 Å². The summed E-state index contributed by atoms with van der Waals surface area (Å²) in [6, 6.07) is 0. The minimum atomic E-state index is -0.609. The van der Waals surface area contributed by atoms with Gasteiger partial charge in [0.15, 0.2) is 11.0 Å². The summed E-state index contributed by atoms with van der Waals surface area (Å²) in [4.78, 5) is 18.6.